The normalized spacial score (nSPS) is 39.8. The van der Waals surface area contributed by atoms with Crippen LogP contribution in [0.5, 0.6) is 0 Å². The van der Waals surface area contributed by atoms with Crippen LogP contribution in [-0.4, -0.2) is 54.0 Å². The molecule has 4 aliphatic rings. The molecule has 1 saturated heterocycles. The minimum Gasteiger partial charge on any atom is -0.334 e. The molecule has 24 heavy (non-hydrogen) atoms. The van der Waals surface area contributed by atoms with Gasteiger partial charge in [-0.3, -0.25) is 4.79 Å². The number of amides is 1. The highest BCUT2D eigenvalue weighted by Crippen LogP contribution is 2.44. The van der Waals surface area contributed by atoms with E-state index < -0.39 is 0 Å². The van der Waals surface area contributed by atoms with Crippen molar-refractivity contribution in [3.05, 3.63) is 0 Å². The van der Waals surface area contributed by atoms with Crippen molar-refractivity contribution in [2.45, 2.75) is 75.8 Å². The van der Waals surface area contributed by atoms with Gasteiger partial charge < -0.3 is 15.5 Å². The first kappa shape index (κ1) is 16.8. The molecule has 4 heteroatoms. The highest BCUT2D eigenvalue weighted by molar-refractivity contribution is 5.80. The Kier molecular flexibility index (Phi) is 4.63. The number of hydrogen-bond acceptors (Lipinski definition) is 3. The number of nitrogens with zero attached hydrogens (tertiary/aromatic N) is 2. The van der Waals surface area contributed by atoms with Gasteiger partial charge in [0.05, 0.1) is 5.54 Å². The summed E-state index contributed by atoms with van der Waals surface area (Å²) >= 11 is 0. The van der Waals surface area contributed by atoms with Gasteiger partial charge in [-0.15, -0.1) is 0 Å². The van der Waals surface area contributed by atoms with Crippen molar-refractivity contribution in [2.75, 3.05) is 26.7 Å². The van der Waals surface area contributed by atoms with Crippen LogP contribution in [0.2, 0.25) is 0 Å². The van der Waals surface area contributed by atoms with E-state index in [1.807, 2.05) is 0 Å². The van der Waals surface area contributed by atoms with Gasteiger partial charge in [-0.05, 0) is 57.4 Å². The molecule has 2 bridgehead atoms. The van der Waals surface area contributed by atoms with Crippen molar-refractivity contribution in [1.82, 2.24) is 9.80 Å². The molecule has 3 saturated carbocycles. The monoisotopic (exact) mass is 333 g/mol. The molecule has 136 valence electrons. The molecule has 1 heterocycles. The zero-order valence-corrected chi connectivity index (χ0v) is 15.4. The third kappa shape index (κ3) is 2.90. The molecule has 3 aliphatic carbocycles. The summed E-state index contributed by atoms with van der Waals surface area (Å²) in [5.41, 5.74) is 6.58. The number of fused-ring (bicyclic) bond motifs is 2. The minimum atomic E-state index is 0.136. The van der Waals surface area contributed by atoms with E-state index in [-0.39, 0.29) is 11.5 Å². The third-order valence-corrected chi connectivity index (χ3v) is 7.65. The molecule has 1 amide bonds. The largest absolute Gasteiger partial charge is 0.334 e. The Balaban J connectivity index is 1.52. The van der Waals surface area contributed by atoms with Crippen molar-refractivity contribution in [1.29, 1.82) is 0 Å². The fraction of sp³-hybridized carbons (Fsp3) is 0.950. The van der Waals surface area contributed by atoms with Crippen LogP contribution in [0.15, 0.2) is 0 Å². The van der Waals surface area contributed by atoms with Crippen LogP contribution in [0, 0.1) is 17.8 Å². The Bertz CT molecular complexity index is 460. The number of carbonyl (C=O) groups excluding carboxylic acids is 1. The summed E-state index contributed by atoms with van der Waals surface area (Å²) < 4.78 is 0. The van der Waals surface area contributed by atoms with Gasteiger partial charge in [-0.1, -0.05) is 25.7 Å². The van der Waals surface area contributed by atoms with Gasteiger partial charge in [-0.25, -0.2) is 0 Å². The van der Waals surface area contributed by atoms with Crippen LogP contribution < -0.4 is 5.73 Å². The number of rotatable bonds is 1. The summed E-state index contributed by atoms with van der Waals surface area (Å²) in [6.07, 6.45) is 12.3. The molecular weight excluding hydrogens is 298 g/mol. The predicted octanol–water partition coefficient (Wildman–Crippen LogP) is 2.62. The molecule has 1 aliphatic heterocycles. The van der Waals surface area contributed by atoms with Crippen LogP contribution in [0.1, 0.15) is 64.2 Å². The highest BCUT2D eigenvalue weighted by Gasteiger charge is 2.48. The Morgan fingerprint density at radius 2 is 1.67 bits per heavy atom. The van der Waals surface area contributed by atoms with E-state index in [1.165, 1.54) is 51.4 Å². The quantitative estimate of drug-likeness (QED) is 0.802. The lowest BCUT2D eigenvalue weighted by molar-refractivity contribution is -0.151. The average molecular weight is 334 g/mol. The van der Waals surface area contributed by atoms with E-state index >= 15 is 0 Å². The molecule has 0 aromatic carbocycles. The molecule has 2 atom stereocenters. The van der Waals surface area contributed by atoms with E-state index in [1.54, 1.807) is 0 Å². The number of nitrogens with two attached hydrogens (primary N) is 1. The Morgan fingerprint density at radius 1 is 1.00 bits per heavy atom. The van der Waals surface area contributed by atoms with Gasteiger partial charge in [0, 0.05) is 31.6 Å². The van der Waals surface area contributed by atoms with Gasteiger partial charge in [0.25, 0.3) is 0 Å². The summed E-state index contributed by atoms with van der Waals surface area (Å²) in [6.45, 7) is 3.05. The molecular formula is C20H35N3O. The molecule has 1 spiro atoms. The molecule has 2 unspecified atom stereocenters. The second kappa shape index (κ2) is 6.60. The van der Waals surface area contributed by atoms with E-state index in [0.29, 0.717) is 23.8 Å². The fourth-order valence-electron chi connectivity index (χ4n) is 6.37. The lowest BCUT2D eigenvalue weighted by atomic mass is 9.64. The first-order chi connectivity index (χ1) is 11.6. The zero-order chi connectivity index (χ0) is 16.7. The lowest BCUT2D eigenvalue weighted by Gasteiger charge is -2.54. The SMILES string of the molecule is CN1CCN(C(=O)C2CC3CCCC(C2)C3N)C2(CCCCC2)C1. The fourth-order valence-corrected chi connectivity index (χ4v) is 6.37. The molecule has 4 nitrogen and oxygen atoms in total. The first-order valence-corrected chi connectivity index (χ1v) is 10.3. The Labute approximate surface area is 147 Å². The minimum absolute atomic E-state index is 0.136. The first-order valence-electron chi connectivity index (χ1n) is 10.3. The molecule has 4 rings (SSSR count). The topological polar surface area (TPSA) is 49.6 Å². The summed E-state index contributed by atoms with van der Waals surface area (Å²) in [5, 5.41) is 0. The van der Waals surface area contributed by atoms with E-state index in [4.69, 9.17) is 5.73 Å². The Hall–Kier alpha value is -0.610. The maximum absolute atomic E-state index is 13.5. The van der Waals surface area contributed by atoms with E-state index in [0.717, 1.165) is 32.5 Å². The standard InChI is InChI=1S/C20H35N3O/c1-22-10-11-23(20(14-22)8-3-2-4-9-20)19(24)17-12-15-6-5-7-16(13-17)18(15)21/h15-18H,2-14,21H2,1H3. The summed E-state index contributed by atoms with van der Waals surface area (Å²) in [7, 11) is 2.22. The lowest BCUT2D eigenvalue weighted by Crippen LogP contribution is -2.65. The summed E-state index contributed by atoms with van der Waals surface area (Å²) in [6, 6.07) is 0.360. The molecule has 0 radical (unpaired) electrons. The van der Waals surface area contributed by atoms with Crippen molar-refractivity contribution in [2.24, 2.45) is 23.5 Å². The van der Waals surface area contributed by atoms with Crippen LogP contribution in [-0.2, 0) is 4.79 Å². The predicted molar refractivity (Wildman–Crippen MR) is 96.6 cm³/mol. The van der Waals surface area contributed by atoms with Gasteiger partial charge in [-0.2, -0.15) is 0 Å². The maximum atomic E-state index is 13.5. The van der Waals surface area contributed by atoms with Crippen LogP contribution in [0.3, 0.4) is 0 Å². The van der Waals surface area contributed by atoms with Crippen LogP contribution >= 0.6 is 0 Å². The zero-order valence-electron chi connectivity index (χ0n) is 15.4. The number of likely N-dealkylation sites (N-methyl/N-ethyl adjacent to an activating group) is 1. The maximum Gasteiger partial charge on any atom is 0.226 e. The highest BCUT2D eigenvalue weighted by atomic mass is 16.2. The van der Waals surface area contributed by atoms with Gasteiger partial charge >= 0.3 is 0 Å². The number of piperazine rings is 1. The van der Waals surface area contributed by atoms with Crippen LogP contribution in [0.25, 0.3) is 0 Å². The Morgan fingerprint density at radius 3 is 2.33 bits per heavy atom. The smallest absolute Gasteiger partial charge is 0.226 e. The number of carbonyl (C=O) groups is 1. The van der Waals surface area contributed by atoms with Crippen molar-refractivity contribution in [3.8, 4) is 0 Å². The van der Waals surface area contributed by atoms with Gasteiger partial charge in [0.2, 0.25) is 5.91 Å². The van der Waals surface area contributed by atoms with Gasteiger partial charge in [0.1, 0.15) is 0 Å². The van der Waals surface area contributed by atoms with Crippen molar-refractivity contribution in [3.63, 3.8) is 0 Å². The third-order valence-electron chi connectivity index (χ3n) is 7.65. The van der Waals surface area contributed by atoms with Crippen LogP contribution in [0.4, 0.5) is 0 Å². The molecule has 4 fully saturated rings. The summed E-state index contributed by atoms with van der Waals surface area (Å²) in [4.78, 5) is 18.3. The van der Waals surface area contributed by atoms with Crippen molar-refractivity contribution >= 4 is 5.91 Å². The van der Waals surface area contributed by atoms with E-state index in [2.05, 4.69) is 16.8 Å². The van der Waals surface area contributed by atoms with E-state index in [9.17, 15) is 4.79 Å². The summed E-state index contributed by atoms with van der Waals surface area (Å²) in [5.74, 6) is 1.93. The molecule has 0 aromatic rings. The second-order valence-electron chi connectivity index (χ2n) is 9.21. The number of hydrogen-bond donors (Lipinski definition) is 1. The van der Waals surface area contributed by atoms with Crippen molar-refractivity contribution < 1.29 is 4.79 Å². The average Bonchev–Trinajstić information content (AvgIpc) is 2.55. The van der Waals surface area contributed by atoms with Gasteiger partial charge in [0.15, 0.2) is 0 Å². The molecule has 2 N–H and O–H groups in total. The second-order valence-corrected chi connectivity index (χ2v) is 9.21. The molecule has 0 aromatic heterocycles.